The molecule has 2 aliphatic rings. The van der Waals surface area contributed by atoms with Crippen LogP contribution < -0.4 is 16.0 Å². The van der Waals surface area contributed by atoms with Gasteiger partial charge in [-0.25, -0.2) is 19.4 Å². The average Bonchev–Trinajstić information content (AvgIpc) is 3.31. The molecule has 0 saturated carbocycles. The Bertz CT molecular complexity index is 1250. The molecule has 2 saturated heterocycles. The predicted octanol–water partition coefficient (Wildman–Crippen LogP) is 3.16. The number of carboxylic acid groups (broad SMARTS) is 1. The van der Waals surface area contributed by atoms with E-state index in [9.17, 15) is 4.79 Å². The second-order valence-corrected chi connectivity index (χ2v) is 9.86. The van der Waals surface area contributed by atoms with Crippen molar-refractivity contribution in [3.8, 4) is 0 Å². The van der Waals surface area contributed by atoms with Crippen LogP contribution in [0.4, 0.5) is 10.6 Å². The second kappa shape index (κ2) is 11.9. The molecule has 4 heterocycles. The highest BCUT2D eigenvalue weighted by Gasteiger charge is 2.29. The molecule has 37 heavy (non-hydrogen) atoms. The summed E-state index contributed by atoms with van der Waals surface area (Å²) in [4.78, 5) is 35.2. The number of rotatable bonds is 4. The van der Waals surface area contributed by atoms with Crippen molar-refractivity contribution in [2.45, 2.75) is 38.3 Å². The number of hydrogen-bond acceptors (Lipinski definition) is 7. The van der Waals surface area contributed by atoms with Crippen molar-refractivity contribution in [2.75, 3.05) is 37.6 Å². The van der Waals surface area contributed by atoms with Crippen LogP contribution >= 0.6 is 23.2 Å². The first kappa shape index (κ1) is 26.9. The number of amides is 2. The maximum Gasteiger partial charge on any atom is 0.402 e. The fourth-order valence-corrected chi connectivity index (χ4v) is 5.22. The van der Waals surface area contributed by atoms with Gasteiger partial charge in [-0.1, -0.05) is 35.7 Å². The summed E-state index contributed by atoms with van der Waals surface area (Å²) in [7, 11) is 0. The van der Waals surface area contributed by atoms with Gasteiger partial charge in [0.2, 0.25) is 5.91 Å². The maximum atomic E-state index is 12.8. The quantitative estimate of drug-likeness (QED) is 0.451. The van der Waals surface area contributed by atoms with Crippen LogP contribution in [0.5, 0.6) is 0 Å². The second-order valence-electron chi connectivity index (χ2n) is 9.02. The molecular weight excluding hydrogens is 519 g/mol. The Morgan fingerprint density at radius 2 is 1.89 bits per heavy atom. The number of nitrogens with zero attached hydrogens (tertiary/aromatic N) is 6. The molecule has 2 aliphatic heterocycles. The van der Waals surface area contributed by atoms with Gasteiger partial charge in [0.25, 0.3) is 0 Å². The minimum Gasteiger partial charge on any atom is -0.465 e. The molecule has 2 unspecified atom stereocenters. The molecule has 2 fully saturated rings. The van der Waals surface area contributed by atoms with E-state index in [0.717, 1.165) is 55.8 Å². The summed E-state index contributed by atoms with van der Waals surface area (Å²) in [5.41, 5.74) is 6.38. The van der Waals surface area contributed by atoms with E-state index in [1.165, 1.54) is 0 Å². The number of benzene rings is 1. The van der Waals surface area contributed by atoms with Gasteiger partial charge in [-0.2, -0.15) is 5.10 Å². The first-order valence-corrected chi connectivity index (χ1v) is 12.9. The maximum absolute atomic E-state index is 12.8. The summed E-state index contributed by atoms with van der Waals surface area (Å²) in [5.74, 6) is 1.02. The molecule has 2 amide bonds. The van der Waals surface area contributed by atoms with Crippen LogP contribution in [0.25, 0.3) is 11.2 Å². The predicted molar refractivity (Wildman–Crippen MR) is 142 cm³/mol. The van der Waals surface area contributed by atoms with Gasteiger partial charge >= 0.3 is 6.09 Å². The number of hydrogen-bond donors (Lipinski definition) is 3. The van der Waals surface area contributed by atoms with E-state index in [-0.39, 0.29) is 18.0 Å². The standard InChI is InChI=1S/C23H27Cl2N7O.CH3NO2/c1-15(17-6-5-16(24)12-18(17)25)32-22-20(13-28-32)27-14-21(29-22)30-8-10-31(11-9-30)23(33)19-4-2-3-7-26-19;2-1(3)4/h5-6,12-15,19,26H,2-4,7-11H2,1H3;2H2,(H,3,4). The number of anilines is 1. The molecule has 5 rings (SSSR count). The van der Waals surface area contributed by atoms with E-state index in [2.05, 4.69) is 26.0 Å². The Morgan fingerprint density at radius 3 is 2.54 bits per heavy atom. The monoisotopic (exact) mass is 548 g/mol. The molecule has 4 N–H and O–H groups in total. The molecule has 13 heteroatoms. The van der Waals surface area contributed by atoms with Crippen LogP contribution in [-0.2, 0) is 4.79 Å². The molecule has 198 valence electrons. The lowest BCUT2D eigenvalue weighted by molar-refractivity contribution is -0.134. The zero-order chi connectivity index (χ0) is 26.5. The minimum atomic E-state index is -1.33. The summed E-state index contributed by atoms with van der Waals surface area (Å²) in [6.07, 6.45) is 5.38. The number of piperidine rings is 1. The molecule has 0 aliphatic carbocycles. The molecule has 2 atom stereocenters. The van der Waals surface area contributed by atoms with Crippen LogP contribution in [0, 0.1) is 0 Å². The lowest BCUT2D eigenvalue weighted by atomic mass is 10.0. The number of aromatic nitrogens is 4. The van der Waals surface area contributed by atoms with Gasteiger partial charge in [0, 0.05) is 36.2 Å². The van der Waals surface area contributed by atoms with Crippen molar-refractivity contribution in [2.24, 2.45) is 5.73 Å². The number of carbonyl (C=O) groups is 2. The van der Waals surface area contributed by atoms with Gasteiger partial charge in [0.05, 0.1) is 24.5 Å². The Balaban J connectivity index is 0.000000747. The zero-order valence-electron chi connectivity index (χ0n) is 20.5. The normalized spacial score (nSPS) is 18.7. The van der Waals surface area contributed by atoms with Gasteiger partial charge in [-0.05, 0) is 44.0 Å². The van der Waals surface area contributed by atoms with Crippen LogP contribution in [0.15, 0.2) is 30.6 Å². The third kappa shape index (κ3) is 6.41. The highest BCUT2D eigenvalue weighted by molar-refractivity contribution is 6.35. The van der Waals surface area contributed by atoms with E-state index < -0.39 is 6.09 Å². The Kier molecular flexibility index (Phi) is 8.67. The number of primary amides is 1. The van der Waals surface area contributed by atoms with Crippen LogP contribution in [0.1, 0.15) is 37.8 Å². The molecule has 3 aromatic rings. The van der Waals surface area contributed by atoms with Gasteiger partial charge in [0.15, 0.2) is 5.65 Å². The van der Waals surface area contributed by atoms with Crippen molar-refractivity contribution in [1.29, 1.82) is 0 Å². The Labute approximate surface area is 224 Å². The highest BCUT2D eigenvalue weighted by Crippen LogP contribution is 2.30. The van der Waals surface area contributed by atoms with Crippen molar-refractivity contribution >= 4 is 52.2 Å². The highest BCUT2D eigenvalue weighted by atomic mass is 35.5. The summed E-state index contributed by atoms with van der Waals surface area (Å²) >= 11 is 12.5. The van der Waals surface area contributed by atoms with Gasteiger partial charge < -0.3 is 26.0 Å². The summed E-state index contributed by atoms with van der Waals surface area (Å²) < 4.78 is 1.84. The van der Waals surface area contributed by atoms with Crippen LogP contribution in [0.3, 0.4) is 0 Å². The van der Waals surface area contributed by atoms with Gasteiger partial charge in [-0.3, -0.25) is 4.79 Å². The summed E-state index contributed by atoms with van der Waals surface area (Å²) in [5, 5.41) is 16.3. The van der Waals surface area contributed by atoms with Gasteiger partial charge in [0.1, 0.15) is 11.3 Å². The van der Waals surface area contributed by atoms with Crippen molar-refractivity contribution in [1.82, 2.24) is 30.0 Å². The first-order chi connectivity index (χ1) is 17.7. The molecule has 2 aromatic heterocycles. The minimum absolute atomic E-state index is 0.0306. The Morgan fingerprint density at radius 1 is 1.16 bits per heavy atom. The number of nitrogens with two attached hydrogens (primary N) is 1. The van der Waals surface area contributed by atoms with E-state index in [1.807, 2.05) is 28.6 Å². The largest absolute Gasteiger partial charge is 0.465 e. The Hall–Kier alpha value is -3.15. The topological polar surface area (TPSA) is 142 Å². The third-order valence-corrected chi connectivity index (χ3v) is 7.16. The molecule has 0 spiro atoms. The number of nitrogens with one attached hydrogen (secondary N) is 1. The van der Waals surface area contributed by atoms with Crippen molar-refractivity contribution < 1.29 is 14.7 Å². The number of halogens is 2. The van der Waals surface area contributed by atoms with Crippen molar-refractivity contribution in [3.05, 3.63) is 46.2 Å². The molecule has 11 nitrogen and oxygen atoms in total. The van der Waals surface area contributed by atoms with E-state index in [0.29, 0.717) is 28.8 Å². The van der Waals surface area contributed by atoms with Gasteiger partial charge in [-0.15, -0.1) is 0 Å². The average molecular weight is 549 g/mol. The zero-order valence-corrected chi connectivity index (χ0v) is 22.0. The lowest BCUT2D eigenvalue weighted by Gasteiger charge is -2.37. The fraction of sp³-hybridized carbons (Fsp3) is 0.458. The number of fused-ring (bicyclic) bond motifs is 1. The third-order valence-electron chi connectivity index (χ3n) is 6.59. The van der Waals surface area contributed by atoms with E-state index >= 15 is 0 Å². The summed E-state index contributed by atoms with van der Waals surface area (Å²) in [6, 6.07) is 5.32. The number of piperazine rings is 1. The number of carbonyl (C=O) groups excluding carboxylic acids is 1. The molecule has 0 bridgehead atoms. The molecular formula is C24H30Cl2N8O3. The van der Waals surface area contributed by atoms with Crippen LogP contribution in [0.2, 0.25) is 10.0 Å². The molecule has 0 radical (unpaired) electrons. The van der Waals surface area contributed by atoms with Crippen LogP contribution in [-0.4, -0.2) is 80.5 Å². The smallest absolute Gasteiger partial charge is 0.402 e. The van der Waals surface area contributed by atoms with Crippen molar-refractivity contribution in [3.63, 3.8) is 0 Å². The summed E-state index contributed by atoms with van der Waals surface area (Å²) in [6.45, 7) is 5.79. The lowest BCUT2D eigenvalue weighted by Crippen LogP contribution is -2.55. The molecule has 1 aromatic carbocycles. The fourth-order valence-electron chi connectivity index (χ4n) is 4.66. The van der Waals surface area contributed by atoms with E-state index in [1.54, 1.807) is 18.5 Å². The van der Waals surface area contributed by atoms with E-state index in [4.69, 9.17) is 38.1 Å². The SMILES string of the molecule is CC(c1ccc(Cl)cc1Cl)n1ncc2ncc(N3CCN(C(=O)C4CCCCN4)CC3)nc21.NC(=O)O. The first-order valence-electron chi connectivity index (χ1n) is 12.2.